The fourth-order valence-corrected chi connectivity index (χ4v) is 2.82. The van der Waals surface area contributed by atoms with E-state index in [2.05, 4.69) is 0 Å². The Labute approximate surface area is 144 Å². The van der Waals surface area contributed by atoms with Crippen LogP contribution in [0.2, 0.25) is 0 Å². The van der Waals surface area contributed by atoms with Crippen molar-refractivity contribution >= 4 is 0 Å². The molecule has 0 radical (unpaired) electrons. The van der Waals surface area contributed by atoms with Gasteiger partial charge in [-0.2, -0.15) is 0 Å². The van der Waals surface area contributed by atoms with E-state index in [0.717, 1.165) is 28.4 Å². The number of unbranched alkanes of at least 4 members (excludes halogenated alkanes) is 2. The van der Waals surface area contributed by atoms with E-state index >= 15 is 0 Å². The zero-order valence-electron chi connectivity index (χ0n) is 15.1. The Morgan fingerprint density at radius 3 is 1.40 bits per heavy atom. The highest BCUT2D eigenvalue weighted by atomic mass is 16.2. The molecule has 0 bridgehead atoms. The van der Waals surface area contributed by atoms with Crippen molar-refractivity contribution in [2.45, 2.75) is 46.2 Å². The highest BCUT2D eigenvalue weighted by Crippen LogP contribution is 2.02. The Hall–Kier alpha value is -2.64. The first-order valence-electron chi connectivity index (χ1n) is 8.29. The van der Waals surface area contributed by atoms with Gasteiger partial charge in [0.1, 0.15) is 0 Å². The molecule has 0 unspecified atom stereocenters. The SMILES string of the molecule is Cc1cc(=O)n(C)c(=O)n1CCCCCn1c(C)cc(=O)n(C)c1=O. The van der Waals surface area contributed by atoms with E-state index in [1.165, 1.54) is 26.2 Å². The third kappa shape index (κ3) is 3.89. The molecule has 0 aliphatic carbocycles. The summed E-state index contributed by atoms with van der Waals surface area (Å²) in [6.07, 6.45) is 2.35. The Bertz CT molecular complexity index is 926. The van der Waals surface area contributed by atoms with E-state index in [1.807, 2.05) is 0 Å². The first kappa shape index (κ1) is 18.7. The maximum absolute atomic E-state index is 12.1. The lowest BCUT2D eigenvalue weighted by Gasteiger charge is -2.12. The summed E-state index contributed by atoms with van der Waals surface area (Å²) in [6.45, 7) is 4.55. The smallest absolute Gasteiger partial charge is 0.298 e. The Morgan fingerprint density at radius 2 is 1.04 bits per heavy atom. The van der Waals surface area contributed by atoms with Crippen molar-refractivity contribution in [1.29, 1.82) is 0 Å². The minimum Gasteiger partial charge on any atom is -0.298 e. The van der Waals surface area contributed by atoms with Gasteiger partial charge in [0.2, 0.25) is 0 Å². The van der Waals surface area contributed by atoms with E-state index in [-0.39, 0.29) is 22.5 Å². The van der Waals surface area contributed by atoms with Crippen molar-refractivity contribution in [1.82, 2.24) is 18.3 Å². The average Bonchev–Trinajstić information content (AvgIpc) is 2.55. The molecule has 0 aromatic carbocycles. The van der Waals surface area contributed by atoms with Crippen LogP contribution in [-0.2, 0) is 27.2 Å². The highest BCUT2D eigenvalue weighted by molar-refractivity contribution is 5.00. The van der Waals surface area contributed by atoms with Crippen molar-refractivity contribution < 1.29 is 0 Å². The number of nitrogens with zero attached hydrogens (tertiary/aromatic N) is 4. The van der Waals surface area contributed by atoms with Crippen LogP contribution in [-0.4, -0.2) is 18.3 Å². The molecule has 8 nitrogen and oxygen atoms in total. The predicted molar refractivity (Wildman–Crippen MR) is 95.2 cm³/mol. The van der Waals surface area contributed by atoms with Crippen LogP contribution in [0.3, 0.4) is 0 Å². The van der Waals surface area contributed by atoms with E-state index in [1.54, 1.807) is 23.0 Å². The van der Waals surface area contributed by atoms with Gasteiger partial charge in [-0.3, -0.25) is 27.9 Å². The van der Waals surface area contributed by atoms with Gasteiger partial charge in [0.25, 0.3) is 11.1 Å². The molecular weight excluding hydrogens is 324 g/mol. The molecule has 0 fully saturated rings. The molecule has 0 saturated heterocycles. The molecule has 2 aromatic rings. The van der Waals surface area contributed by atoms with Crippen molar-refractivity contribution in [3.8, 4) is 0 Å². The van der Waals surface area contributed by atoms with Gasteiger partial charge < -0.3 is 0 Å². The number of rotatable bonds is 6. The molecule has 2 heterocycles. The van der Waals surface area contributed by atoms with Crippen molar-refractivity contribution in [2.75, 3.05) is 0 Å². The molecule has 0 N–H and O–H groups in total. The van der Waals surface area contributed by atoms with Gasteiger partial charge in [-0.25, -0.2) is 9.59 Å². The highest BCUT2D eigenvalue weighted by Gasteiger charge is 2.07. The van der Waals surface area contributed by atoms with Crippen LogP contribution >= 0.6 is 0 Å². The quantitative estimate of drug-likeness (QED) is 0.682. The largest absolute Gasteiger partial charge is 0.330 e. The Balaban J connectivity index is 1.98. The predicted octanol–water partition coefficient (Wildman–Crippen LogP) is -0.105. The number of aryl methyl sites for hydroxylation is 2. The molecule has 0 saturated carbocycles. The number of hydrogen-bond acceptors (Lipinski definition) is 4. The average molecular weight is 348 g/mol. The molecule has 0 aliphatic heterocycles. The normalized spacial score (nSPS) is 11.0. The van der Waals surface area contributed by atoms with Gasteiger partial charge >= 0.3 is 11.4 Å². The van der Waals surface area contributed by atoms with Gasteiger partial charge in [0.15, 0.2) is 0 Å². The van der Waals surface area contributed by atoms with Gasteiger partial charge in [-0.05, 0) is 33.1 Å². The zero-order chi connectivity index (χ0) is 18.7. The third-order valence-corrected chi connectivity index (χ3v) is 4.48. The van der Waals surface area contributed by atoms with Gasteiger partial charge in [0.05, 0.1) is 0 Å². The third-order valence-electron chi connectivity index (χ3n) is 4.48. The summed E-state index contributed by atoms with van der Waals surface area (Å²) in [6, 6.07) is 2.91. The summed E-state index contributed by atoms with van der Waals surface area (Å²) in [5, 5.41) is 0. The maximum Gasteiger partial charge on any atom is 0.330 e. The summed E-state index contributed by atoms with van der Waals surface area (Å²) >= 11 is 0. The maximum atomic E-state index is 12.1. The summed E-state index contributed by atoms with van der Waals surface area (Å²) < 4.78 is 5.37. The molecular formula is C17H24N4O4. The van der Waals surface area contributed by atoms with E-state index in [4.69, 9.17) is 0 Å². The zero-order valence-corrected chi connectivity index (χ0v) is 15.1. The first-order valence-corrected chi connectivity index (χ1v) is 8.29. The summed E-state index contributed by atoms with van der Waals surface area (Å²) in [7, 11) is 2.94. The lowest BCUT2D eigenvalue weighted by atomic mass is 10.2. The van der Waals surface area contributed by atoms with Crippen LogP contribution in [0.25, 0.3) is 0 Å². The number of aromatic nitrogens is 4. The second-order valence-electron chi connectivity index (χ2n) is 6.30. The minimum absolute atomic E-state index is 0.303. The summed E-state index contributed by atoms with van der Waals surface area (Å²) in [5.74, 6) is 0. The molecule has 0 amide bonds. The molecule has 136 valence electrons. The van der Waals surface area contributed by atoms with Crippen LogP contribution in [0.5, 0.6) is 0 Å². The second kappa shape index (κ2) is 7.50. The monoisotopic (exact) mass is 348 g/mol. The number of hydrogen-bond donors (Lipinski definition) is 0. The van der Waals surface area contributed by atoms with Crippen molar-refractivity contribution in [2.24, 2.45) is 14.1 Å². The fraction of sp³-hybridized carbons (Fsp3) is 0.529. The summed E-state index contributed by atoms with van der Waals surface area (Å²) in [4.78, 5) is 47.3. The van der Waals surface area contributed by atoms with Crippen molar-refractivity contribution in [3.63, 3.8) is 0 Å². The minimum atomic E-state index is -0.310. The topological polar surface area (TPSA) is 88.0 Å². The Kier molecular flexibility index (Phi) is 5.61. The Morgan fingerprint density at radius 1 is 0.680 bits per heavy atom. The molecule has 2 aromatic heterocycles. The van der Waals surface area contributed by atoms with Crippen LogP contribution in [0.4, 0.5) is 0 Å². The molecule has 0 spiro atoms. The lowest BCUT2D eigenvalue weighted by molar-refractivity contribution is 0.494. The van der Waals surface area contributed by atoms with E-state index in [0.29, 0.717) is 24.5 Å². The first-order chi connectivity index (χ1) is 11.7. The second-order valence-corrected chi connectivity index (χ2v) is 6.30. The van der Waals surface area contributed by atoms with Crippen LogP contribution in [0.1, 0.15) is 30.7 Å². The van der Waals surface area contributed by atoms with Crippen LogP contribution in [0.15, 0.2) is 31.3 Å². The van der Waals surface area contributed by atoms with Gasteiger partial charge in [-0.15, -0.1) is 0 Å². The molecule has 8 heteroatoms. The van der Waals surface area contributed by atoms with E-state index in [9.17, 15) is 19.2 Å². The van der Waals surface area contributed by atoms with Crippen LogP contribution < -0.4 is 22.5 Å². The molecule has 25 heavy (non-hydrogen) atoms. The summed E-state index contributed by atoms with van der Waals surface area (Å²) in [5.41, 5.74) is 0.0771. The van der Waals surface area contributed by atoms with E-state index < -0.39 is 0 Å². The van der Waals surface area contributed by atoms with Gasteiger partial charge in [-0.1, -0.05) is 0 Å². The van der Waals surface area contributed by atoms with Gasteiger partial charge in [0, 0.05) is 50.7 Å². The molecule has 2 rings (SSSR count). The van der Waals surface area contributed by atoms with Crippen LogP contribution in [0, 0.1) is 13.8 Å². The standard InChI is InChI=1S/C17H24N4O4/c1-12-10-14(22)18(3)16(24)20(12)8-6-5-7-9-21-13(2)11-15(23)19(4)17(21)25/h10-11H,5-9H2,1-4H3. The van der Waals surface area contributed by atoms with Crippen molar-refractivity contribution in [3.05, 3.63) is 65.2 Å². The molecule has 0 aliphatic rings. The fourth-order valence-electron chi connectivity index (χ4n) is 2.82. The molecule has 0 atom stereocenters. The lowest BCUT2D eigenvalue weighted by Crippen LogP contribution is -2.39.